The first-order valence-corrected chi connectivity index (χ1v) is 7.15. The molecule has 0 aliphatic rings. The molecule has 0 radical (unpaired) electrons. The Morgan fingerprint density at radius 2 is 1.72 bits per heavy atom. The molecule has 1 aromatic rings. The maximum Gasteiger partial charge on any atom is 0.126 e. The van der Waals surface area contributed by atoms with Crippen LogP contribution in [0.2, 0.25) is 0 Å². The fraction of sp³-hybridized carbons (Fsp3) is 0.625. The lowest BCUT2D eigenvalue weighted by atomic mass is 10.0. The van der Waals surface area contributed by atoms with Crippen LogP contribution in [0.3, 0.4) is 0 Å². The molecule has 1 nitrogen and oxygen atoms in total. The third-order valence-electron chi connectivity index (χ3n) is 3.30. The van der Waals surface area contributed by atoms with Gasteiger partial charge in [-0.15, -0.1) is 0 Å². The van der Waals surface area contributed by atoms with E-state index in [0.717, 1.165) is 12.8 Å². The molecule has 1 unspecified atom stereocenters. The molecular weight excluding hydrogens is 227 g/mol. The van der Waals surface area contributed by atoms with E-state index in [1.54, 1.807) is 12.1 Å². The highest BCUT2D eigenvalue weighted by Gasteiger charge is 2.08. The molecule has 0 saturated heterocycles. The van der Waals surface area contributed by atoms with Crippen LogP contribution in [0.15, 0.2) is 24.3 Å². The van der Waals surface area contributed by atoms with Crippen LogP contribution < -0.4 is 0 Å². The predicted molar refractivity (Wildman–Crippen MR) is 74.1 cm³/mol. The minimum atomic E-state index is -0.409. The predicted octanol–water partition coefficient (Wildman–Crippen LogP) is 4.48. The minimum Gasteiger partial charge on any atom is -0.393 e. The molecule has 1 rings (SSSR count). The molecule has 0 aliphatic carbocycles. The van der Waals surface area contributed by atoms with Crippen LogP contribution >= 0.6 is 0 Å². The minimum absolute atomic E-state index is 0.209. The lowest BCUT2D eigenvalue weighted by Crippen LogP contribution is -2.11. The molecule has 0 fully saturated rings. The maximum absolute atomic E-state index is 13.4. The van der Waals surface area contributed by atoms with Crippen molar-refractivity contribution in [2.45, 2.75) is 64.4 Å². The largest absolute Gasteiger partial charge is 0.393 e. The first-order chi connectivity index (χ1) is 8.74. The van der Waals surface area contributed by atoms with E-state index < -0.39 is 6.10 Å². The highest BCUT2D eigenvalue weighted by molar-refractivity contribution is 5.17. The number of hydrogen-bond acceptors (Lipinski definition) is 1. The average molecular weight is 252 g/mol. The van der Waals surface area contributed by atoms with E-state index in [1.165, 1.54) is 38.2 Å². The van der Waals surface area contributed by atoms with Gasteiger partial charge in [0.05, 0.1) is 6.10 Å². The number of halogens is 1. The zero-order valence-corrected chi connectivity index (χ0v) is 11.4. The zero-order chi connectivity index (χ0) is 13.2. The van der Waals surface area contributed by atoms with Crippen LogP contribution in [-0.2, 0) is 6.42 Å². The topological polar surface area (TPSA) is 20.2 Å². The summed E-state index contributed by atoms with van der Waals surface area (Å²) in [5.74, 6) is -0.209. The van der Waals surface area contributed by atoms with Gasteiger partial charge in [-0.25, -0.2) is 4.39 Å². The van der Waals surface area contributed by atoms with Gasteiger partial charge in [0, 0.05) is 6.42 Å². The summed E-state index contributed by atoms with van der Waals surface area (Å²) < 4.78 is 13.4. The number of aliphatic hydroxyl groups is 1. The Morgan fingerprint density at radius 3 is 2.44 bits per heavy atom. The fourth-order valence-corrected chi connectivity index (χ4v) is 2.18. The van der Waals surface area contributed by atoms with Gasteiger partial charge in [0.15, 0.2) is 0 Å². The first-order valence-electron chi connectivity index (χ1n) is 7.15. The van der Waals surface area contributed by atoms with Crippen molar-refractivity contribution >= 4 is 0 Å². The van der Waals surface area contributed by atoms with E-state index in [1.807, 2.05) is 6.07 Å². The number of rotatable bonds is 9. The Labute approximate surface area is 110 Å². The van der Waals surface area contributed by atoms with Crippen molar-refractivity contribution in [2.75, 3.05) is 0 Å². The summed E-state index contributed by atoms with van der Waals surface area (Å²) in [6, 6.07) is 6.70. The van der Waals surface area contributed by atoms with Crippen molar-refractivity contribution in [2.24, 2.45) is 0 Å². The molecule has 0 heterocycles. The summed E-state index contributed by atoms with van der Waals surface area (Å²) in [5.41, 5.74) is 0.621. The van der Waals surface area contributed by atoms with E-state index in [4.69, 9.17) is 0 Å². The van der Waals surface area contributed by atoms with Crippen molar-refractivity contribution in [3.05, 3.63) is 35.6 Å². The number of aliphatic hydroxyl groups excluding tert-OH is 1. The lowest BCUT2D eigenvalue weighted by Gasteiger charge is -2.11. The number of hydrogen-bond donors (Lipinski definition) is 1. The monoisotopic (exact) mass is 252 g/mol. The summed E-state index contributed by atoms with van der Waals surface area (Å²) in [6.45, 7) is 2.21. The Balaban J connectivity index is 2.14. The molecule has 18 heavy (non-hydrogen) atoms. The Morgan fingerprint density at radius 1 is 1.06 bits per heavy atom. The van der Waals surface area contributed by atoms with E-state index >= 15 is 0 Å². The van der Waals surface area contributed by atoms with Crippen LogP contribution in [0.5, 0.6) is 0 Å². The van der Waals surface area contributed by atoms with Crippen LogP contribution in [0.25, 0.3) is 0 Å². The molecule has 0 amide bonds. The normalized spacial score (nSPS) is 12.6. The third kappa shape index (κ3) is 6.15. The summed E-state index contributed by atoms with van der Waals surface area (Å²) in [6.07, 6.45) is 8.12. The first kappa shape index (κ1) is 15.2. The van der Waals surface area contributed by atoms with Crippen molar-refractivity contribution < 1.29 is 9.50 Å². The van der Waals surface area contributed by atoms with Crippen LogP contribution in [0, 0.1) is 5.82 Å². The van der Waals surface area contributed by atoms with Gasteiger partial charge < -0.3 is 5.11 Å². The van der Waals surface area contributed by atoms with Gasteiger partial charge in [-0.2, -0.15) is 0 Å². The average Bonchev–Trinajstić information content (AvgIpc) is 2.36. The molecule has 1 atom stereocenters. The third-order valence-corrected chi connectivity index (χ3v) is 3.30. The van der Waals surface area contributed by atoms with Gasteiger partial charge in [0.2, 0.25) is 0 Å². The smallest absolute Gasteiger partial charge is 0.126 e. The SMILES string of the molecule is CCCCCCCCC(O)Cc1ccccc1F. The molecule has 0 spiro atoms. The fourth-order valence-electron chi connectivity index (χ4n) is 2.18. The molecule has 2 heteroatoms. The molecule has 0 saturated carbocycles. The standard InChI is InChI=1S/C16H25FO/c1-2-3-4-5-6-7-11-15(18)13-14-10-8-9-12-16(14)17/h8-10,12,15,18H,2-7,11,13H2,1H3. The quantitative estimate of drug-likeness (QED) is 0.642. The number of unbranched alkanes of at least 4 members (excludes halogenated alkanes) is 5. The van der Waals surface area contributed by atoms with E-state index in [0.29, 0.717) is 12.0 Å². The summed E-state index contributed by atoms with van der Waals surface area (Å²) in [4.78, 5) is 0. The van der Waals surface area contributed by atoms with Crippen LogP contribution in [-0.4, -0.2) is 11.2 Å². The van der Waals surface area contributed by atoms with Gasteiger partial charge >= 0.3 is 0 Å². The Bertz CT molecular complexity index is 325. The maximum atomic E-state index is 13.4. The van der Waals surface area contributed by atoms with Crippen molar-refractivity contribution in [1.29, 1.82) is 0 Å². The van der Waals surface area contributed by atoms with Crippen LogP contribution in [0.1, 0.15) is 57.4 Å². The molecular formula is C16H25FO. The van der Waals surface area contributed by atoms with Gasteiger partial charge in [0.25, 0.3) is 0 Å². The van der Waals surface area contributed by atoms with Crippen LogP contribution in [0.4, 0.5) is 4.39 Å². The Hall–Kier alpha value is -0.890. The summed E-state index contributed by atoms with van der Waals surface area (Å²) >= 11 is 0. The van der Waals surface area contributed by atoms with Gasteiger partial charge in [-0.1, -0.05) is 63.6 Å². The molecule has 102 valence electrons. The lowest BCUT2D eigenvalue weighted by molar-refractivity contribution is 0.159. The van der Waals surface area contributed by atoms with E-state index in [2.05, 4.69) is 6.92 Å². The second kappa shape index (κ2) is 9.09. The highest BCUT2D eigenvalue weighted by Crippen LogP contribution is 2.14. The molecule has 0 bridgehead atoms. The summed E-state index contributed by atoms with van der Waals surface area (Å²) in [5, 5.41) is 9.86. The number of benzene rings is 1. The molecule has 1 aromatic carbocycles. The zero-order valence-electron chi connectivity index (χ0n) is 11.4. The van der Waals surface area contributed by atoms with Gasteiger partial charge in [-0.05, 0) is 18.1 Å². The van der Waals surface area contributed by atoms with Crippen molar-refractivity contribution in [3.63, 3.8) is 0 Å². The summed E-state index contributed by atoms with van der Waals surface area (Å²) in [7, 11) is 0. The van der Waals surface area contributed by atoms with Crippen molar-refractivity contribution in [1.82, 2.24) is 0 Å². The molecule has 0 aromatic heterocycles. The van der Waals surface area contributed by atoms with Gasteiger partial charge in [-0.3, -0.25) is 0 Å². The molecule has 1 N–H and O–H groups in total. The second-order valence-corrected chi connectivity index (χ2v) is 5.01. The molecule has 0 aliphatic heterocycles. The highest BCUT2D eigenvalue weighted by atomic mass is 19.1. The van der Waals surface area contributed by atoms with E-state index in [-0.39, 0.29) is 5.82 Å². The van der Waals surface area contributed by atoms with E-state index in [9.17, 15) is 9.50 Å². The Kier molecular flexibility index (Phi) is 7.66. The van der Waals surface area contributed by atoms with Crippen molar-refractivity contribution in [3.8, 4) is 0 Å². The second-order valence-electron chi connectivity index (χ2n) is 5.01. The van der Waals surface area contributed by atoms with Gasteiger partial charge in [0.1, 0.15) is 5.82 Å².